The minimum absolute atomic E-state index is 0.314. The SMILES string of the molecule is Cc1cc(C)cc(CS(=O)Cc2cc(F)ccc2CN)c1. The first-order valence-corrected chi connectivity index (χ1v) is 8.36. The Morgan fingerprint density at radius 1 is 1.00 bits per heavy atom. The first kappa shape index (κ1) is 15.9. The van der Waals surface area contributed by atoms with Gasteiger partial charge in [-0.25, -0.2) is 4.39 Å². The summed E-state index contributed by atoms with van der Waals surface area (Å²) in [7, 11) is -1.08. The quantitative estimate of drug-likeness (QED) is 0.920. The van der Waals surface area contributed by atoms with Gasteiger partial charge in [0.2, 0.25) is 0 Å². The van der Waals surface area contributed by atoms with Crippen LogP contribution < -0.4 is 5.73 Å². The maximum Gasteiger partial charge on any atom is 0.123 e. The van der Waals surface area contributed by atoms with Crippen LogP contribution in [0.3, 0.4) is 0 Å². The number of rotatable bonds is 5. The molecule has 0 aliphatic rings. The Bertz CT molecular complexity index is 650. The molecule has 0 heterocycles. The molecule has 0 aliphatic carbocycles. The molecule has 0 fully saturated rings. The van der Waals surface area contributed by atoms with Gasteiger partial charge in [0, 0.05) is 28.9 Å². The minimum atomic E-state index is -1.08. The molecular weight excluding hydrogens is 285 g/mol. The van der Waals surface area contributed by atoms with E-state index in [1.807, 2.05) is 26.0 Å². The van der Waals surface area contributed by atoms with Crippen LogP contribution in [0.15, 0.2) is 36.4 Å². The molecular formula is C17H20FNOS. The molecule has 0 aromatic heterocycles. The molecule has 1 atom stereocenters. The second-order valence-electron chi connectivity index (χ2n) is 5.34. The minimum Gasteiger partial charge on any atom is -0.326 e. The summed E-state index contributed by atoms with van der Waals surface area (Å²) in [6.07, 6.45) is 0. The summed E-state index contributed by atoms with van der Waals surface area (Å²) >= 11 is 0. The molecule has 21 heavy (non-hydrogen) atoms. The maximum atomic E-state index is 13.3. The molecule has 0 radical (unpaired) electrons. The van der Waals surface area contributed by atoms with Gasteiger partial charge in [0.1, 0.15) is 5.82 Å². The van der Waals surface area contributed by atoms with Crippen molar-refractivity contribution < 1.29 is 8.60 Å². The van der Waals surface area contributed by atoms with Crippen LogP contribution in [0.4, 0.5) is 4.39 Å². The molecule has 2 aromatic rings. The van der Waals surface area contributed by atoms with E-state index in [-0.39, 0.29) is 5.82 Å². The van der Waals surface area contributed by atoms with Gasteiger partial charge >= 0.3 is 0 Å². The number of nitrogens with two attached hydrogens (primary N) is 1. The highest BCUT2D eigenvalue weighted by Gasteiger charge is 2.09. The normalized spacial score (nSPS) is 12.4. The summed E-state index contributed by atoms with van der Waals surface area (Å²) in [5.41, 5.74) is 10.6. The Morgan fingerprint density at radius 3 is 2.29 bits per heavy atom. The van der Waals surface area contributed by atoms with Gasteiger partial charge < -0.3 is 5.73 Å². The summed E-state index contributed by atoms with van der Waals surface area (Å²) in [5.74, 6) is 0.492. The van der Waals surface area contributed by atoms with Crippen LogP contribution >= 0.6 is 0 Å². The smallest absolute Gasteiger partial charge is 0.123 e. The predicted octanol–water partition coefficient (Wildman–Crippen LogP) is 3.35. The Hall–Kier alpha value is -1.52. The topological polar surface area (TPSA) is 43.1 Å². The average molecular weight is 305 g/mol. The summed E-state index contributed by atoms with van der Waals surface area (Å²) in [5, 5.41) is 0. The predicted molar refractivity (Wildman–Crippen MR) is 85.8 cm³/mol. The Morgan fingerprint density at radius 2 is 1.67 bits per heavy atom. The molecule has 4 heteroatoms. The molecule has 2 nitrogen and oxygen atoms in total. The Balaban J connectivity index is 2.13. The summed E-state index contributed by atoms with van der Waals surface area (Å²) < 4.78 is 25.7. The van der Waals surface area contributed by atoms with Crippen molar-refractivity contribution in [1.82, 2.24) is 0 Å². The van der Waals surface area contributed by atoms with E-state index < -0.39 is 10.8 Å². The zero-order valence-corrected chi connectivity index (χ0v) is 13.2. The lowest BCUT2D eigenvalue weighted by molar-refractivity contribution is 0.625. The summed E-state index contributed by atoms with van der Waals surface area (Å²) in [4.78, 5) is 0. The molecule has 2 N–H and O–H groups in total. The molecule has 0 amide bonds. The van der Waals surface area contributed by atoms with Gasteiger partial charge in [-0.15, -0.1) is 0 Å². The van der Waals surface area contributed by atoms with Gasteiger partial charge in [-0.05, 0) is 42.7 Å². The zero-order chi connectivity index (χ0) is 15.4. The van der Waals surface area contributed by atoms with Crippen LogP contribution in [-0.4, -0.2) is 4.21 Å². The van der Waals surface area contributed by atoms with Gasteiger partial charge in [0.15, 0.2) is 0 Å². The molecule has 0 saturated heterocycles. The maximum absolute atomic E-state index is 13.3. The van der Waals surface area contributed by atoms with Crippen molar-refractivity contribution in [3.63, 3.8) is 0 Å². The zero-order valence-electron chi connectivity index (χ0n) is 12.4. The highest BCUT2D eigenvalue weighted by atomic mass is 32.2. The monoisotopic (exact) mass is 305 g/mol. The second-order valence-corrected chi connectivity index (χ2v) is 6.80. The molecule has 112 valence electrons. The first-order valence-electron chi connectivity index (χ1n) is 6.87. The van der Waals surface area contributed by atoms with Crippen molar-refractivity contribution in [1.29, 1.82) is 0 Å². The second kappa shape index (κ2) is 6.96. The van der Waals surface area contributed by atoms with Crippen LogP contribution in [0.25, 0.3) is 0 Å². The third kappa shape index (κ3) is 4.48. The van der Waals surface area contributed by atoms with Crippen molar-refractivity contribution in [2.45, 2.75) is 31.9 Å². The molecule has 0 bridgehead atoms. The number of hydrogen-bond acceptors (Lipinski definition) is 2. The van der Waals surface area contributed by atoms with E-state index in [1.165, 1.54) is 12.1 Å². The van der Waals surface area contributed by atoms with E-state index in [0.717, 1.165) is 27.8 Å². The fraction of sp³-hybridized carbons (Fsp3) is 0.294. The average Bonchev–Trinajstić information content (AvgIpc) is 2.37. The van der Waals surface area contributed by atoms with Gasteiger partial charge in [0.05, 0.1) is 0 Å². The number of halogens is 1. The van der Waals surface area contributed by atoms with E-state index in [2.05, 4.69) is 6.07 Å². The Labute approximate surface area is 127 Å². The van der Waals surface area contributed by atoms with Crippen LogP contribution in [0.5, 0.6) is 0 Å². The van der Waals surface area contributed by atoms with Crippen molar-refractivity contribution >= 4 is 10.8 Å². The van der Waals surface area contributed by atoms with E-state index in [4.69, 9.17) is 5.73 Å². The summed E-state index contributed by atoms with van der Waals surface area (Å²) in [6.45, 7) is 4.38. The third-order valence-corrected chi connectivity index (χ3v) is 4.60. The fourth-order valence-corrected chi connectivity index (χ4v) is 3.75. The highest BCUT2D eigenvalue weighted by molar-refractivity contribution is 7.83. The number of hydrogen-bond donors (Lipinski definition) is 1. The van der Waals surface area contributed by atoms with Gasteiger partial charge in [-0.2, -0.15) is 0 Å². The largest absolute Gasteiger partial charge is 0.326 e. The van der Waals surface area contributed by atoms with Gasteiger partial charge in [-0.3, -0.25) is 4.21 Å². The summed E-state index contributed by atoms with van der Waals surface area (Å²) in [6, 6.07) is 10.7. The van der Waals surface area contributed by atoms with Crippen LogP contribution in [-0.2, 0) is 28.9 Å². The number of benzene rings is 2. The molecule has 0 spiro atoms. The Kier molecular flexibility index (Phi) is 5.26. The third-order valence-electron chi connectivity index (χ3n) is 3.31. The van der Waals surface area contributed by atoms with E-state index >= 15 is 0 Å². The lowest BCUT2D eigenvalue weighted by atomic mass is 10.1. The van der Waals surface area contributed by atoms with E-state index in [9.17, 15) is 8.60 Å². The van der Waals surface area contributed by atoms with Crippen LogP contribution in [0.2, 0.25) is 0 Å². The lowest BCUT2D eigenvalue weighted by Crippen LogP contribution is -2.06. The molecule has 1 unspecified atom stereocenters. The molecule has 2 rings (SSSR count). The van der Waals surface area contributed by atoms with E-state index in [1.54, 1.807) is 6.07 Å². The lowest BCUT2D eigenvalue weighted by Gasteiger charge is -2.09. The van der Waals surface area contributed by atoms with Crippen LogP contribution in [0, 0.1) is 19.7 Å². The first-order chi connectivity index (χ1) is 9.97. The molecule has 0 saturated carbocycles. The van der Waals surface area contributed by atoms with E-state index in [0.29, 0.717) is 18.1 Å². The molecule has 2 aromatic carbocycles. The number of aryl methyl sites for hydroxylation is 2. The van der Waals surface area contributed by atoms with Crippen molar-refractivity contribution in [3.05, 3.63) is 70.0 Å². The van der Waals surface area contributed by atoms with Crippen molar-refractivity contribution in [2.24, 2.45) is 5.73 Å². The van der Waals surface area contributed by atoms with Crippen LogP contribution in [0.1, 0.15) is 27.8 Å². The highest BCUT2D eigenvalue weighted by Crippen LogP contribution is 2.16. The van der Waals surface area contributed by atoms with Gasteiger partial charge in [-0.1, -0.05) is 35.4 Å². The fourth-order valence-electron chi connectivity index (χ4n) is 2.49. The molecule has 0 aliphatic heterocycles. The van der Waals surface area contributed by atoms with Crippen molar-refractivity contribution in [3.8, 4) is 0 Å². The van der Waals surface area contributed by atoms with Crippen molar-refractivity contribution in [2.75, 3.05) is 0 Å². The standard InChI is InChI=1S/C17H20FNOS/c1-12-5-13(2)7-14(6-12)10-21(20)11-16-8-17(18)4-3-15(16)9-19/h3-8H,9-11,19H2,1-2H3. The van der Waals surface area contributed by atoms with Gasteiger partial charge in [0.25, 0.3) is 0 Å².